The van der Waals surface area contributed by atoms with Crippen molar-refractivity contribution in [3.05, 3.63) is 21.6 Å². The van der Waals surface area contributed by atoms with Gasteiger partial charge in [-0.1, -0.05) is 11.6 Å². The lowest BCUT2D eigenvalue weighted by Gasteiger charge is -1.99. The lowest BCUT2D eigenvalue weighted by molar-refractivity contribution is -0.384. The second-order valence-electron chi connectivity index (χ2n) is 1.76. The molecule has 8 heteroatoms. The van der Waals surface area contributed by atoms with E-state index in [9.17, 15) is 10.1 Å². The Balaban J connectivity index is 3.29. The highest BCUT2D eigenvalue weighted by Gasteiger charge is 2.19. The second-order valence-corrected chi connectivity index (χ2v) is 2.41. The molecule has 0 radical (unpaired) electrons. The molecule has 0 aliphatic heterocycles. The maximum absolute atomic E-state index is 10.4. The van der Waals surface area contributed by atoms with Crippen LogP contribution in [-0.2, 0) is 0 Å². The Hall–Kier alpha value is -1.00. The number of hydrogen-bond donors (Lipinski definition) is 1. The second kappa shape index (κ2) is 3.60. The third-order valence-electron chi connectivity index (χ3n) is 1.10. The molecule has 1 aromatic heterocycles. The van der Waals surface area contributed by atoms with Crippen molar-refractivity contribution in [3.8, 4) is 0 Å². The Morgan fingerprint density at radius 3 is 2.75 bits per heavy atom. The normalized spacial score (nSPS) is 9.50. The van der Waals surface area contributed by atoms with Gasteiger partial charge < -0.3 is 5.09 Å². The minimum absolute atomic E-state index is 0.0741. The molecule has 1 N–H and O–H groups in total. The van der Waals surface area contributed by atoms with E-state index in [4.69, 9.17) is 11.6 Å². The maximum atomic E-state index is 10.4. The van der Waals surface area contributed by atoms with Crippen molar-refractivity contribution in [2.75, 3.05) is 5.09 Å². The summed E-state index contributed by atoms with van der Waals surface area (Å²) in [7, 11) is 2.09. The molecule has 0 aromatic carbocycles. The molecule has 1 rings (SSSR count). The van der Waals surface area contributed by atoms with Crippen molar-refractivity contribution in [1.29, 1.82) is 0 Å². The molecule has 6 nitrogen and oxygen atoms in total. The Labute approximate surface area is 74.8 Å². The van der Waals surface area contributed by atoms with Gasteiger partial charge in [-0.25, -0.2) is 9.97 Å². The number of anilines is 1. The van der Waals surface area contributed by atoms with Gasteiger partial charge in [0.15, 0.2) is 0 Å². The van der Waals surface area contributed by atoms with E-state index in [2.05, 4.69) is 24.4 Å². The molecular formula is C4H4ClN4O2P. The minimum Gasteiger partial charge on any atom is -0.349 e. The smallest absolute Gasteiger partial charge is 0.348 e. The summed E-state index contributed by atoms with van der Waals surface area (Å²) < 4.78 is 0. The van der Waals surface area contributed by atoms with E-state index >= 15 is 0 Å². The van der Waals surface area contributed by atoms with E-state index < -0.39 is 4.92 Å². The molecule has 1 heterocycles. The number of aromatic nitrogens is 2. The van der Waals surface area contributed by atoms with E-state index in [1.807, 2.05) is 0 Å². The van der Waals surface area contributed by atoms with Crippen molar-refractivity contribution in [3.63, 3.8) is 0 Å². The SMILES string of the molecule is O=[N+]([O-])c1c(Cl)ncnc1NP. The monoisotopic (exact) mass is 206 g/mol. The van der Waals surface area contributed by atoms with E-state index in [1.165, 1.54) is 0 Å². The van der Waals surface area contributed by atoms with Crippen LogP contribution in [0.4, 0.5) is 11.5 Å². The highest BCUT2D eigenvalue weighted by molar-refractivity contribution is 7.18. The van der Waals surface area contributed by atoms with Crippen LogP contribution in [0.3, 0.4) is 0 Å². The van der Waals surface area contributed by atoms with Crippen LogP contribution in [0.1, 0.15) is 0 Å². The number of hydrogen-bond acceptors (Lipinski definition) is 5. The molecule has 64 valence electrons. The molecule has 1 aromatic rings. The zero-order valence-electron chi connectivity index (χ0n) is 5.69. The average Bonchev–Trinajstić information content (AvgIpc) is 2.03. The number of nitrogens with zero attached hydrogens (tertiary/aromatic N) is 3. The van der Waals surface area contributed by atoms with Crippen LogP contribution in [0.25, 0.3) is 0 Å². The maximum Gasteiger partial charge on any atom is 0.348 e. The van der Waals surface area contributed by atoms with Gasteiger partial charge in [0.05, 0.1) is 4.92 Å². The first-order valence-electron chi connectivity index (χ1n) is 2.78. The van der Waals surface area contributed by atoms with Gasteiger partial charge in [0.2, 0.25) is 11.0 Å². The third kappa shape index (κ3) is 1.60. The number of rotatable bonds is 2. The molecular weight excluding hydrogens is 202 g/mol. The standard InChI is InChI=1S/C4H4ClN4O2P/c5-3-2(9(10)11)4(8-12)7-1-6-3/h1H,12H2,(H,6,7,8). The average molecular weight is 207 g/mol. The summed E-state index contributed by atoms with van der Waals surface area (Å²) in [6.45, 7) is 0. The summed E-state index contributed by atoms with van der Waals surface area (Å²) in [5.74, 6) is 0.0741. The van der Waals surface area contributed by atoms with Gasteiger partial charge in [0.1, 0.15) is 6.33 Å². The molecule has 0 aliphatic carbocycles. The van der Waals surface area contributed by atoms with Gasteiger partial charge in [-0.2, -0.15) is 0 Å². The largest absolute Gasteiger partial charge is 0.349 e. The van der Waals surface area contributed by atoms with Gasteiger partial charge >= 0.3 is 5.69 Å². The molecule has 0 bridgehead atoms. The van der Waals surface area contributed by atoms with Gasteiger partial charge in [-0.15, -0.1) is 0 Å². The Morgan fingerprint density at radius 1 is 1.67 bits per heavy atom. The van der Waals surface area contributed by atoms with E-state index in [-0.39, 0.29) is 16.7 Å². The first-order valence-corrected chi connectivity index (χ1v) is 3.74. The number of halogens is 1. The summed E-state index contributed by atoms with van der Waals surface area (Å²) >= 11 is 5.46. The van der Waals surface area contributed by atoms with Crippen molar-refractivity contribution < 1.29 is 4.92 Å². The van der Waals surface area contributed by atoms with Crippen molar-refractivity contribution in [2.45, 2.75) is 0 Å². The number of nitro groups is 1. The molecule has 0 spiro atoms. The molecule has 0 aliphatic rings. The van der Waals surface area contributed by atoms with Gasteiger partial charge in [0, 0.05) is 0 Å². The fourth-order valence-corrected chi connectivity index (χ4v) is 1.04. The van der Waals surface area contributed by atoms with Gasteiger partial charge in [0.25, 0.3) is 0 Å². The predicted molar refractivity (Wildman–Crippen MR) is 47.0 cm³/mol. The van der Waals surface area contributed by atoms with Crippen LogP contribution in [-0.4, -0.2) is 14.9 Å². The molecule has 0 saturated carbocycles. The highest BCUT2D eigenvalue weighted by atomic mass is 35.5. The Morgan fingerprint density at radius 2 is 2.33 bits per heavy atom. The third-order valence-corrected chi connectivity index (χ3v) is 1.65. The first-order chi connectivity index (χ1) is 5.66. The zero-order chi connectivity index (χ0) is 9.14. The summed E-state index contributed by atoms with van der Waals surface area (Å²) in [6.07, 6.45) is 1.14. The van der Waals surface area contributed by atoms with E-state index in [0.717, 1.165) is 6.33 Å². The van der Waals surface area contributed by atoms with Crippen molar-refractivity contribution in [2.24, 2.45) is 0 Å². The quantitative estimate of drug-likeness (QED) is 0.341. The van der Waals surface area contributed by atoms with Crippen LogP contribution in [0.2, 0.25) is 5.15 Å². The number of nitrogens with one attached hydrogen (secondary N) is 1. The lowest BCUT2D eigenvalue weighted by Crippen LogP contribution is -1.97. The molecule has 1 atom stereocenters. The molecule has 0 saturated heterocycles. The zero-order valence-corrected chi connectivity index (χ0v) is 7.60. The van der Waals surface area contributed by atoms with Crippen molar-refractivity contribution in [1.82, 2.24) is 9.97 Å². The van der Waals surface area contributed by atoms with E-state index in [1.54, 1.807) is 0 Å². The molecule has 0 amide bonds. The Bertz CT molecular complexity index is 320. The summed E-state index contributed by atoms with van der Waals surface area (Å²) in [5.41, 5.74) is -0.325. The van der Waals surface area contributed by atoms with Crippen LogP contribution in [0.5, 0.6) is 0 Å². The van der Waals surface area contributed by atoms with E-state index in [0.29, 0.717) is 0 Å². The fourth-order valence-electron chi connectivity index (χ4n) is 0.625. The molecule has 0 fully saturated rings. The van der Waals surface area contributed by atoms with Gasteiger partial charge in [-0.3, -0.25) is 10.1 Å². The van der Waals surface area contributed by atoms with Gasteiger partial charge in [-0.05, 0) is 9.39 Å². The Kier molecular flexibility index (Phi) is 2.73. The highest BCUT2D eigenvalue weighted by Crippen LogP contribution is 2.28. The summed E-state index contributed by atoms with van der Waals surface area (Å²) in [6, 6.07) is 0. The van der Waals surface area contributed by atoms with Crippen LogP contribution < -0.4 is 5.09 Å². The molecule has 12 heavy (non-hydrogen) atoms. The van der Waals surface area contributed by atoms with Crippen LogP contribution in [0, 0.1) is 10.1 Å². The lowest BCUT2D eigenvalue weighted by atomic mass is 10.5. The summed E-state index contributed by atoms with van der Waals surface area (Å²) in [4.78, 5) is 16.8. The first kappa shape index (κ1) is 9.09. The van der Waals surface area contributed by atoms with Crippen LogP contribution in [0.15, 0.2) is 6.33 Å². The molecule has 1 unspecified atom stereocenters. The fraction of sp³-hybridized carbons (Fsp3) is 0. The minimum atomic E-state index is -0.644. The van der Waals surface area contributed by atoms with Crippen LogP contribution >= 0.6 is 21.0 Å². The predicted octanol–water partition coefficient (Wildman–Crippen LogP) is 1.24. The topological polar surface area (TPSA) is 81.0 Å². The summed E-state index contributed by atoms with van der Waals surface area (Å²) in [5, 5.41) is 12.7. The van der Waals surface area contributed by atoms with Crippen molar-refractivity contribution >= 4 is 32.5 Å².